The minimum Gasteiger partial charge on any atom is -0.486 e. The van der Waals surface area contributed by atoms with Gasteiger partial charge in [0, 0.05) is 12.2 Å². The molecule has 0 amide bonds. The van der Waals surface area contributed by atoms with Crippen molar-refractivity contribution in [2.45, 2.75) is 44.6 Å². The zero-order valence-corrected chi connectivity index (χ0v) is 20.9. The first-order valence-electron chi connectivity index (χ1n) is 12.5. The van der Waals surface area contributed by atoms with Crippen molar-refractivity contribution < 1.29 is 36.6 Å². The summed E-state index contributed by atoms with van der Waals surface area (Å²) in [6.45, 7) is 6.03. The molecule has 0 aliphatic heterocycles. The molecule has 0 spiro atoms. The van der Waals surface area contributed by atoms with Gasteiger partial charge >= 0.3 is 5.97 Å². The lowest BCUT2D eigenvalue weighted by Crippen LogP contribution is -2.21. The summed E-state index contributed by atoms with van der Waals surface area (Å²) in [6.07, 6.45) is 4.46. The fourth-order valence-electron chi connectivity index (χ4n) is 4.68. The number of esters is 1. The van der Waals surface area contributed by atoms with Crippen molar-refractivity contribution >= 4 is 5.97 Å². The molecule has 1 saturated carbocycles. The van der Waals surface area contributed by atoms with Gasteiger partial charge in [-0.15, -0.1) is 0 Å². The Kier molecular flexibility index (Phi) is 8.84. The maximum absolute atomic E-state index is 14.9. The maximum Gasteiger partial charge on any atom is 0.343 e. The van der Waals surface area contributed by atoms with Crippen molar-refractivity contribution in [1.29, 1.82) is 0 Å². The third-order valence-corrected chi connectivity index (χ3v) is 6.63. The van der Waals surface area contributed by atoms with Crippen LogP contribution in [0.2, 0.25) is 0 Å². The first kappa shape index (κ1) is 27.4. The predicted molar refractivity (Wildman–Crippen MR) is 135 cm³/mol. The predicted octanol–water partition coefficient (Wildman–Crippen LogP) is 7.76. The van der Waals surface area contributed by atoms with E-state index in [0.717, 1.165) is 12.8 Å². The zero-order valence-electron chi connectivity index (χ0n) is 20.9. The molecule has 0 aromatic heterocycles. The normalized spacial score (nSPS) is 17.2. The molecule has 0 heterocycles. The number of ether oxygens (including phenoxy) is 3. The molecule has 38 heavy (non-hydrogen) atoms. The van der Waals surface area contributed by atoms with E-state index < -0.39 is 35.0 Å². The van der Waals surface area contributed by atoms with Crippen LogP contribution < -0.4 is 9.47 Å². The number of rotatable bonds is 9. The van der Waals surface area contributed by atoms with Gasteiger partial charge in [-0.25, -0.2) is 13.6 Å². The highest BCUT2D eigenvalue weighted by Crippen LogP contribution is 2.37. The van der Waals surface area contributed by atoms with Crippen LogP contribution in [0.15, 0.2) is 61.2 Å². The van der Waals surface area contributed by atoms with E-state index in [9.17, 15) is 22.4 Å². The lowest BCUT2D eigenvalue weighted by molar-refractivity contribution is 0.0325. The molecule has 0 N–H and O–H groups in total. The minimum atomic E-state index is -1.23. The molecule has 4 nitrogen and oxygen atoms in total. The van der Waals surface area contributed by atoms with Crippen LogP contribution in [0.4, 0.5) is 17.6 Å². The van der Waals surface area contributed by atoms with Gasteiger partial charge in [-0.05, 0) is 80.0 Å². The summed E-state index contributed by atoms with van der Waals surface area (Å²) < 4.78 is 74.4. The SMILES string of the molecule is C=CCOc1ccc(-c2ccc(C(=O)Oc3ccc(C4CCC(OCC)CC4)c(F)c3F)cc2)c(F)c1F. The van der Waals surface area contributed by atoms with E-state index in [1.54, 1.807) is 0 Å². The van der Waals surface area contributed by atoms with E-state index in [-0.39, 0.29) is 41.1 Å². The van der Waals surface area contributed by atoms with Crippen LogP contribution in [-0.2, 0) is 4.74 Å². The number of carbonyl (C=O) groups is 1. The van der Waals surface area contributed by atoms with Crippen LogP contribution in [0.1, 0.15) is 54.4 Å². The van der Waals surface area contributed by atoms with Gasteiger partial charge < -0.3 is 14.2 Å². The summed E-state index contributed by atoms with van der Waals surface area (Å²) in [5.74, 6) is -6.32. The second kappa shape index (κ2) is 12.3. The summed E-state index contributed by atoms with van der Waals surface area (Å²) >= 11 is 0. The second-order valence-corrected chi connectivity index (χ2v) is 9.02. The molecule has 1 fully saturated rings. The fraction of sp³-hybridized carbons (Fsp3) is 0.300. The summed E-state index contributed by atoms with van der Waals surface area (Å²) in [5, 5.41) is 0. The summed E-state index contributed by atoms with van der Waals surface area (Å²) in [7, 11) is 0. The van der Waals surface area contributed by atoms with E-state index in [1.165, 1.54) is 54.6 Å². The Morgan fingerprint density at radius 2 is 1.53 bits per heavy atom. The van der Waals surface area contributed by atoms with Gasteiger partial charge in [0.2, 0.25) is 11.6 Å². The van der Waals surface area contributed by atoms with Gasteiger partial charge in [0.05, 0.1) is 11.7 Å². The lowest BCUT2D eigenvalue weighted by Gasteiger charge is -2.28. The van der Waals surface area contributed by atoms with Crippen LogP contribution in [0.25, 0.3) is 11.1 Å². The molecule has 0 unspecified atom stereocenters. The first-order chi connectivity index (χ1) is 18.3. The Morgan fingerprint density at radius 1 is 0.868 bits per heavy atom. The molecule has 8 heteroatoms. The molecule has 3 aromatic carbocycles. The fourth-order valence-corrected chi connectivity index (χ4v) is 4.68. The molecule has 0 radical (unpaired) electrons. The Balaban J connectivity index is 1.45. The number of carbonyl (C=O) groups excluding carboxylic acids is 1. The highest BCUT2D eigenvalue weighted by Gasteiger charge is 2.27. The Morgan fingerprint density at radius 3 is 2.18 bits per heavy atom. The van der Waals surface area contributed by atoms with Crippen LogP contribution in [0.3, 0.4) is 0 Å². The van der Waals surface area contributed by atoms with Gasteiger partial charge in [0.15, 0.2) is 23.1 Å². The molecule has 0 saturated heterocycles. The van der Waals surface area contributed by atoms with Crippen molar-refractivity contribution in [3.63, 3.8) is 0 Å². The van der Waals surface area contributed by atoms with Crippen molar-refractivity contribution in [2.24, 2.45) is 0 Å². The Hall–Kier alpha value is -3.65. The minimum absolute atomic E-state index is 0.0230. The van der Waals surface area contributed by atoms with Gasteiger partial charge in [0.1, 0.15) is 6.61 Å². The second-order valence-electron chi connectivity index (χ2n) is 9.02. The smallest absolute Gasteiger partial charge is 0.343 e. The van der Waals surface area contributed by atoms with Crippen LogP contribution in [0, 0.1) is 23.3 Å². The number of hydrogen-bond donors (Lipinski definition) is 0. The topological polar surface area (TPSA) is 44.8 Å². The average molecular weight is 529 g/mol. The molecule has 3 aromatic rings. The van der Waals surface area contributed by atoms with Crippen LogP contribution >= 0.6 is 0 Å². The summed E-state index contributed by atoms with van der Waals surface area (Å²) in [5.41, 5.74) is 0.552. The van der Waals surface area contributed by atoms with Crippen molar-refractivity contribution in [2.75, 3.05) is 13.2 Å². The zero-order chi connectivity index (χ0) is 27.2. The van der Waals surface area contributed by atoms with E-state index in [2.05, 4.69) is 6.58 Å². The van der Waals surface area contributed by atoms with Gasteiger partial charge in [0.25, 0.3) is 0 Å². The quantitative estimate of drug-likeness (QED) is 0.123. The number of hydrogen-bond acceptors (Lipinski definition) is 4. The highest BCUT2D eigenvalue weighted by molar-refractivity contribution is 5.91. The van der Waals surface area contributed by atoms with E-state index in [1.807, 2.05) is 6.92 Å². The van der Waals surface area contributed by atoms with Crippen molar-refractivity contribution in [3.8, 4) is 22.6 Å². The average Bonchev–Trinajstić information content (AvgIpc) is 2.93. The third-order valence-electron chi connectivity index (χ3n) is 6.63. The largest absolute Gasteiger partial charge is 0.486 e. The van der Waals surface area contributed by atoms with Crippen molar-refractivity contribution in [3.05, 3.63) is 95.6 Å². The number of benzene rings is 3. The van der Waals surface area contributed by atoms with E-state index in [0.29, 0.717) is 25.0 Å². The molecule has 1 aliphatic rings. The van der Waals surface area contributed by atoms with Crippen LogP contribution in [0.5, 0.6) is 11.5 Å². The highest BCUT2D eigenvalue weighted by atomic mass is 19.2. The third kappa shape index (κ3) is 5.91. The van der Waals surface area contributed by atoms with E-state index >= 15 is 0 Å². The molecular weight excluding hydrogens is 500 g/mol. The molecule has 0 bridgehead atoms. The summed E-state index contributed by atoms with van der Waals surface area (Å²) in [4.78, 5) is 12.6. The van der Waals surface area contributed by atoms with Crippen molar-refractivity contribution in [1.82, 2.24) is 0 Å². The molecular formula is C30H28F4O4. The lowest BCUT2D eigenvalue weighted by atomic mass is 9.82. The van der Waals surface area contributed by atoms with E-state index in [4.69, 9.17) is 14.2 Å². The molecule has 0 atom stereocenters. The van der Waals surface area contributed by atoms with Gasteiger partial charge in [-0.1, -0.05) is 30.9 Å². The Labute approximate surface area is 218 Å². The van der Waals surface area contributed by atoms with Gasteiger partial charge in [-0.2, -0.15) is 8.78 Å². The Bertz CT molecular complexity index is 1300. The van der Waals surface area contributed by atoms with Gasteiger partial charge in [-0.3, -0.25) is 0 Å². The maximum atomic E-state index is 14.9. The first-order valence-corrected chi connectivity index (χ1v) is 12.5. The van der Waals surface area contributed by atoms with Crippen LogP contribution in [-0.4, -0.2) is 25.3 Å². The monoisotopic (exact) mass is 528 g/mol. The number of halogens is 4. The summed E-state index contributed by atoms with van der Waals surface area (Å²) in [6, 6.07) is 10.8. The molecule has 4 rings (SSSR count). The standard InChI is InChI=1S/C30H28F4O4/c1-3-17-37-24-15-13-22(26(31)28(24)33)18-5-7-20(8-6-18)30(35)38-25-16-14-23(27(32)29(25)34)19-9-11-21(12-10-19)36-4-2/h3,5-8,13-16,19,21H,1,4,9-12,17H2,2H3. The molecule has 1 aliphatic carbocycles. The molecule has 200 valence electrons.